The van der Waals surface area contributed by atoms with Gasteiger partial charge in [-0.25, -0.2) is 9.78 Å². The number of hydrogen-bond donors (Lipinski definition) is 0. The minimum Gasteiger partial charge on any atom is -0.500 e. The van der Waals surface area contributed by atoms with Crippen LogP contribution in [0.15, 0.2) is 48.4 Å². The van der Waals surface area contributed by atoms with Gasteiger partial charge in [-0.15, -0.1) is 0 Å². The summed E-state index contributed by atoms with van der Waals surface area (Å²) >= 11 is 0. The molecule has 0 saturated heterocycles. The number of nitrogens with zero attached hydrogens (tertiary/aromatic N) is 2. The van der Waals surface area contributed by atoms with Crippen LogP contribution in [-0.4, -0.2) is 27.7 Å². The Morgan fingerprint density at radius 3 is 2.83 bits per heavy atom. The predicted octanol–water partition coefficient (Wildman–Crippen LogP) is 4.63. The molecule has 0 aromatic heterocycles. The van der Waals surface area contributed by atoms with Gasteiger partial charge in [0, 0.05) is 59.8 Å². The number of carbonyl (C=O) groups excluding carboxylic acids is 1. The van der Waals surface area contributed by atoms with Gasteiger partial charge >= 0.3 is 5.97 Å². The molecule has 5 rings (SSSR count). The molecule has 4 aliphatic rings. The topological polar surface area (TPSA) is 53.4 Å². The molecule has 6 heteroatoms. The Hall–Kier alpha value is -2.24. The normalized spacial score (nSPS) is 20.2. The smallest absolute Gasteiger partial charge is 0.335 e. The zero-order valence-corrected chi connectivity index (χ0v) is 18.0. The van der Waals surface area contributed by atoms with Gasteiger partial charge in [-0.2, -0.15) is 0 Å². The second-order valence-electron chi connectivity index (χ2n) is 8.43. The van der Waals surface area contributed by atoms with E-state index in [1.807, 2.05) is 18.2 Å². The summed E-state index contributed by atoms with van der Waals surface area (Å²) in [5, 5.41) is 1.17. The largest absolute Gasteiger partial charge is 0.500 e. The van der Waals surface area contributed by atoms with E-state index in [9.17, 15) is 4.79 Å². The van der Waals surface area contributed by atoms with Crippen LogP contribution in [0, 0.1) is 18.8 Å². The number of hydrogen-bond acceptors (Lipinski definition) is 4. The maximum atomic E-state index is 12.8. The van der Waals surface area contributed by atoms with Crippen molar-refractivity contribution in [1.82, 2.24) is 9.55 Å². The Balaban J connectivity index is 0.00000128. The van der Waals surface area contributed by atoms with Gasteiger partial charge in [-0.05, 0) is 24.2 Å². The number of esters is 1. The van der Waals surface area contributed by atoms with Crippen LogP contribution < -0.4 is 0 Å². The van der Waals surface area contributed by atoms with Gasteiger partial charge in [0.1, 0.15) is 0 Å². The van der Waals surface area contributed by atoms with Crippen LogP contribution in [-0.2, 0) is 45.8 Å². The summed E-state index contributed by atoms with van der Waals surface area (Å²) in [5.74, 6) is -0.0373. The average Bonchev–Trinajstić information content (AvgIpc) is 3.03. The molecule has 0 fully saturated rings. The van der Waals surface area contributed by atoms with Crippen LogP contribution in [0.2, 0.25) is 0 Å². The second-order valence-corrected chi connectivity index (χ2v) is 8.43. The van der Waals surface area contributed by atoms with Crippen molar-refractivity contribution in [2.75, 3.05) is 6.61 Å². The van der Waals surface area contributed by atoms with Gasteiger partial charge in [0.15, 0.2) is 0 Å². The minimum absolute atomic E-state index is 0. The fourth-order valence-electron chi connectivity index (χ4n) is 4.42. The third-order valence-electron chi connectivity index (χ3n) is 5.66. The van der Waals surface area contributed by atoms with Crippen molar-refractivity contribution in [3.8, 4) is 11.3 Å². The van der Waals surface area contributed by atoms with E-state index < -0.39 is 5.60 Å². The van der Waals surface area contributed by atoms with Gasteiger partial charge in [0.05, 0.1) is 29.7 Å². The molecular formula is C24H27N2O3V-. The molecular weight excluding hydrogens is 415 g/mol. The summed E-state index contributed by atoms with van der Waals surface area (Å²) in [7, 11) is 0. The molecule has 1 radical (unpaired) electrons. The summed E-state index contributed by atoms with van der Waals surface area (Å²) in [6, 6.07) is 10.4. The Bertz CT molecular complexity index is 1080. The molecule has 1 aromatic rings. The van der Waals surface area contributed by atoms with E-state index in [1.165, 1.54) is 16.6 Å². The van der Waals surface area contributed by atoms with Crippen LogP contribution in [0.5, 0.6) is 0 Å². The van der Waals surface area contributed by atoms with Crippen molar-refractivity contribution in [1.29, 1.82) is 0 Å². The predicted molar refractivity (Wildman–Crippen MR) is 113 cm³/mol. The minimum atomic E-state index is -0.773. The number of ether oxygens (including phenoxy) is 2. The maximum Gasteiger partial charge on any atom is 0.335 e. The number of pyridine rings is 1. The zero-order chi connectivity index (χ0) is 19.5. The average molecular weight is 442 g/mol. The van der Waals surface area contributed by atoms with Gasteiger partial charge < -0.3 is 21.0 Å². The summed E-state index contributed by atoms with van der Waals surface area (Å²) < 4.78 is 13.4. The third kappa shape index (κ3) is 3.77. The summed E-state index contributed by atoms with van der Waals surface area (Å²) in [6.07, 6.45) is 4.46. The monoisotopic (exact) mass is 442 g/mol. The van der Waals surface area contributed by atoms with Gasteiger partial charge in [-0.3, -0.25) is 0 Å². The molecule has 0 amide bonds. The molecule has 2 unspecified atom stereocenters. The second kappa shape index (κ2) is 8.12. The molecule has 0 N–H and O–H groups in total. The molecule has 0 spiro atoms. The Kier molecular flexibility index (Phi) is 6.08. The van der Waals surface area contributed by atoms with Crippen molar-refractivity contribution in [2.24, 2.45) is 11.8 Å². The Labute approximate surface area is 189 Å². The van der Waals surface area contributed by atoms with Crippen molar-refractivity contribution in [3.05, 3.63) is 61.0 Å². The first-order valence-electron chi connectivity index (χ1n) is 9.67. The zero-order valence-electron chi connectivity index (χ0n) is 16.6. The quantitative estimate of drug-likeness (QED) is 0.429. The fourth-order valence-corrected chi connectivity index (χ4v) is 4.42. The molecule has 4 heterocycles. The number of carbonyl (C=O) groups is 1. The van der Waals surface area contributed by atoms with Crippen LogP contribution in [0.25, 0.3) is 22.2 Å². The Morgan fingerprint density at radius 1 is 1.30 bits per heavy atom. The van der Waals surface area contributed by atoms with Crippen LogP contribution in [0.1, 0.15) is 27.0 Å². The number of aromatic nitrogens is 2. The molecule has 0 aliphatic carbocycles. The van der Waals surface area contributed by atoms with E-state index >= 15 is 0 Å². The molecule has 30 heavy (non-hydrogen) atoms. The summed E-state index contributed by atoms with van der Waals surface area (Å²) in [5.41, 5.74) is 4.20. The molecule has 157 valence electrons. The van der Waals surface area contributed by atoms with Crippen molar-refractivity contribution in [3.63, 3.8) is 0 Å². The number of para-hydroxylation sites is 1. The molecule has 1 aromatic carbocycles. The Morgan fingerprint density at radius 2 is 2.07 bits per heavy atom. The molecule has 0 saturated carbocycles. The number of benzene rings is 1. The van der Waals surface area contributed by atoms with Crippen LogP contribution in [0.3, 0.4) is 0 Å². The first-order valence-corrected chi connectivity index (χ1v) is 9.67. The van der Waals surface area contributed by atoms with Crippen LogP contribution in [0.4, 0.5) is 0 Å². The van der Waals surface area contributed by atoms with Crippen molar-refractivity contribution >= 4 is 16.9 Å². The summed E-state index contributed by atoms with van der Waals surface area (Å²) in [6.45, 7) is 8.85. The molecule has 0 bridgehead atoms. The first kappa shape index (κ1) is 22.4. The number of fused-ring (bicyclic) bond motifs is 6. The van der Waals surface area contributed by atoms with E-state index in [4.69, 9.17) is 14.5 Å². The van der Waals surface area contributed by atoms with E-state index in [1.54, 1.807) is 20.1 Å². The SMILES string of the molecule is C.[CH2-]C(C)(C)OC(=O)C1=COCC2Cn3ccc4c5ccccc5nc-4c3CC12.[V]. The van der Waals surface area contributed by atoms with E-state index in [0.29, 0.717) is 12.2 Å². The first-order chi connectivity index (χ1) is 13.4. The maximum absolute atomic E-state index is 12.8. The molecule has 5 nitrogen and oxygen atoms in total. The van der Waals surface area contributed by atoms with E-state index in [2.05, 4.69) is 29.8 Å². The number of rotatable bonds is 2. The standard InChI is InChI=1S/C23H23N2O3.CH4.V/c1-23(2,3)28-22(26)18-13-27-12-14-11-25-9-8-16-15-6-4-5-7-19(15)24-21(16)20(25)10-17(14)18;;/h4-9,13-14,17H,1,10-12H2,2-3H3;1H4;/q-1;;. The fraction of sp³-hybridized carbons (Fsp3) is 0.375. The molecule has 4 aliphatic heterocycles. The van der Waals surface area contributed by atoms with Gasteiger partial charge in [0.2, 0.25) is 0 Å². The van der Waals surface area contributed by atoms with E-state index in [-0.39, 0.29) is 43.8 Å². The summed E-state index contributed by atoms with van der Waals surface area (Å²) in [4.78, 5) is 17.6. The molecule has 2 atom stereocenters. The van der Waals surface area contributed by atoms with E-state index in [0.717, 1.165) is 24.2 Å². The van der Waals surface area contributed by atoms with Crippen molar-refractivity contribution in [2.45, 2.75) is 39.8 Å². The third-order valence-corrected chi connectivity index (χ3v) is 5.66. The van der Waals surface area contributed by atoms with Gasteiger partial charge in [-0.1, -0.05) is 39.5 Å². The van der Waals surface area contributed by atoms with Gasteiger partial charge in [0.25, 0.3) is 0 Å². The van der Waals surface area contributed by atoms with Crippen molar-refractivity contribution < 1.29 is 32.8 Å². The van der Waals surface area contributed by atoms with Crippen LogP contribution >= 0.6 is 0 Å².